The quantitative estimate of drug-likeness (QED) is 0.543. The lowest BCUT2D eigenvalue weighted by atomic mass is 9.82. The molecule has 1 saturated carbocycles. The Labute approximate surface area is 181 Å². The van der Waals surface area contributed by atoms with Crippen LogP contribution in [0.15, 0.2) is 36.4 Å². The molecule has 4 nitrogen and oxygen atoms in total. The lowest BCUT2D eigenvalue weighted by Crippen LogP contribution is -2.34. The maximum atomic E-state index is 13.0. The van der Waals surface area contributed by atoms with Crippen molar-refractivity contribution in [2.75, 3.05) is 5.73 Å². The summed E-state index contributed by atoms with van der Waals surface area (Å²) >= 11 is 1.45. The van der Waals surface area contributed by atoms with Crippen molar-refractivity contribution >= 4 is 33.1 Å². The second-order valence-corrected chi connectivity index (χ2v) is 9.80. The molecule has 2 heterocycles. The largest absolute Gasteiger partial charge is 0.397 e. The Balaban J connectivity index is 1.40. The van der Waals surface area contributed by atoms with E-state index in [4.69, 9.17) is 10.7 Å². The predicted molar refractivity (Wildman–Crippen MR) is 124 cm³/mol. The molecule has 0 aliphatic heterocycles. The maximum absolute atomic E-state index is 13.0. The summed E-state index contributed by atoms with van der Waals surface area (Å²) in [6.07, 6.45) is 10.2. The van der Waals surface area contributed by atoms with Crippen molar-refractivity contribution in [1.29, 1.82) is 0 Å². The van der Waals surface area contributed by atoms with Gasteiger partial charge in [0.05, 0.1) is 5.69 Å². The summed E-state index contributed by atoms with van der Waals surface area (Å²) in [6.45, 7) is 0. The number of nitrogens with zero attached hydrogens (tertiary/aromatic N) is 1. The molecule has 3 N–H and O–H groups in total. The molecule has 1 unspecified atom stereocenters. The zero-order valence-electron chi connectivity index (χ0n) is 17.3. The van der Waals surface area contributed by atoms with E-state index >= 15 is 0 Å². The number of pyridine rings is 1. The molecule has 2 aliphatic rings. The summed E-state index contributed by atoms with van der Waals surface area (Å²) in [4.78, 5) is 19.4. The first-order chi connectivity index (χ1) is 14.7. The molecular weight excluding hydrogens is 390 g/mol. The van der Waals surface area contributed by atoms with E-state index in [0.717, 1.165) is 42.3 Å². The van der Waals surface area contributed by atoms with Crippen LogP contribution >= 0.6 is 11.3 Å². The van der Waals surface area contributed by atoms with Crippen LogP contribution in [0.5, 0.6) is 0 Å². The van der Waals surface area contributed by atoms with Gasteiger partial charge in [0.15, 0.2) is 0 Å². The number of carbonyl (C=O) groups is 1. The van der Waals surface area contributed by atoms with Gasteiger partial charge in [0.1, 0.15) is 9.71 Å². The summed E-state index contributed by atoms with van der Waals surface area (Å²) in [5.41, 5.74) is 10.9. The molecule has 30 heavy (non-hydrogen) atoms. The van der Waals surface area contributed by atoms with Gasteiger partial charge in [-0.2, -0.15) is 0 Å². The highest BCUT2D eigenvalue weighted by atomic mass is 32.1. The first kappa shape index (κ1) is 19.6. The second-order valence-electron chi connectivity index (χ2n) is 8.80. The van der Waals surface area contributed by atoms with Crippen molar-refractivity contribution in [3.63, 3.8) is 0 Å². The molecule has 1 fully saturated rings. The van der Waals surface area contributed by atoms with Gasteiger partial charge in [0, 0.05) is 17.1 Å². The smallest absolute Gasteiger partial charge is 0.263 e. The van der Waals surface area contributed by atoms with E-state index < -0.39 is 0 Å². The number of rotatable bonds is 3. The Hall–Kier alpha value is -2.40. The number of nitrogen functional groups attached to an aromatic ring is 1. The number of benzene rings is 1. The summed E-state index contributed by atoms with van der Waals surface area (Å²) in [5, 5.41) is 4.18. The minimum absolute atomic E-state index is 0.0254. The van der Waals surface area contributed by atoms with Crippen LogP contribution in [0.1, 0.15) is 77.4 Å². The molecule has 2 aromatic heterocycles. The number of nitrogens with one attached hydrogen (secondary N) is 1. The molecule has 156 valence electrons. The molecule has 0 spiro atoms. The summed E-state index contributed by atoms with van der Waals surface area (Å²) in [5.74, 6) is 0.498. The topological polar surface area (TPSA) is 68.0 Å². The van der Waals surface area contributed by atoms with Crippen molar-refractivity contribution in [1.82, 2.24) is 10.3 Å². The third kappa shape index (κ3) is 3.83. The number of nitrogens with two attached hydrogens (primary N) is 1. The van der Waals surface area contributed by atoms with Gasteiger partial charge in [0.2, 0.25) is 0 Å². The van der Waals surface area contributed by atoms with Crippen molar-refractivity contribution in [2.45, 2.75) is 69.7 Å². The van der Waals surface area contributed by atoms with Crippen LogP contribution in [0.25, 0.3) is 10.2 Å². The van der Waals surface area contributed by atoms with E-state index in [9.17, 15) is 4.79 Å². The summed E-state index contributed by atoms with van der Waals surface area (Å²) in [6, 6.07) is 13.2. The monoisotopic (exact) mass is 419 g/mol. The Morgan fingerprint density at radius 2 is 1.83 bits per heavy atom. The van der Waals surface area contributed by atoms with Crippen LogP contribution < -0.4 is 11.1 Å². The zero-order valence-corrected chi connectivity index (χ0v) is 18.1. The van der Waals surface area contributed by atoms with Gasteiger partial charge in [0.25, 0.3) is 5.91 Å². The second kappa shape index (κ2) is 8.38. The maximum Gasteiger partial charge on any atom is 0.263 e. The van der Waals surface area contributed by atoms with Gasteiger partial charge in [-0.15, -0.1) is 11.3 Å². The van der Waals surface area contributed by atoms with E-state index in [1.807, 2.05) is 0 Å². The highest BCUT2D eigenvalue weighted by Crippen LogP contribution is 2.38. The van der Waals surface area contributed by atoms with Gasteiger partial charge in [-0.05, 0) is 55.2 Å². The molecule has 1 amide bonds. The standard InChI is InChI=1S/C25H29N3OS/c26-22-20-15-18-14-17(16-8-4-3-5-9-16)12-13-21(18)28-25(20)30-23(22)24(29)27-19-10-6-1-2-7-11-19/h3-5,8-9,15,17,19H,1-2,6-7,10-14,26H2,(H,27,29). The minimum Gasteiger partial charge on any atom is -0.397 e. The number of hydrogen-bond acceptors (Lipinski definition) is 4. The normalized spacial score (nSPS) is 19.9. The number of anilines is 1. The fourth-order valence-corrected chi connectivity index (χ4v) is 6.04. The summed E-state index contributed by atoms with van der Waals surface area (Å²) < 4.78 is 0. The van der Waals surface area contributed by atoms with Gasteiger partial charge >= 0.3 is 0 Å². The highest BCUT2D eigenvalue weighted by molar-refractivity contribution is 7.21. The Kier molecular flexibility index (Phi) is 5.47. The van der Waals surface area contributed by atoms with Crippen LogP contribution in [-0.4, -0.2) is 16.9 Å². The number of aryl methyl sites for hydroxylation is 1. The first-order valence-corrected chi connectivity index (χ1v) is 12.1. The molecule has 0 radical (unpaired) electrons. The van der Waals surface area contributed by atoms with E-state index in [1.165, 1.54) is 53.8 Å². The average molecular weight is 420 g/mol. The van der Waals surface area contributed by atoms with Crippen LogP contribution in [0.2, 0.25) is 0 Å². The van der Waals surface area contributed by atoms with Gasteiger partial charge in [-0.1, -0.05) is 56.0 Å². The Morgan fingerprint density at radius 3 is 2.60 bits per heavy atom. The third-order valence-electron chi connectivity index (χ3n) is 6.75. The van der Waals surface area contributed by atoms with E-state index in [1.54, 1.807) is 0 Å². The van der Waals surface area contributed by atoms with E-state index in [0.29, 0.717) is 16.5 Å². The number of fused-ring (bicyclic) bond motifs is 2. The lowest BCUT2D eigenvalue weighted by Gasteiger charge is -2.24. The number of amides is 1. The average Bonchev–Trinajstić information content (AvgIpc) is 2.93. The van der Waals surface area contributed by atoms with Crippen LogP contribution in [0, 0.1) is 0 Å². The number of thiophene rings is 1. The molecule has 0 saturated heterocycles. The van der Waals surface area contributed by atoms with Crippen molar-refractivity contribution < 1.29 is 4.79 Å². The number of hydrogen-bond donors (Lipinski definition) is 2. The van der Waals surface area contributed by atoms with Gasteiger partial charge in [-0.25, -0.2) is 4.98 Å². The summed E-state index contributed by atoms with van der Waals surface area (Å²) in [7, 11) is 0. The highest BCUT2D eigenvalue weighted by Gasteiger charge is 2.25. The molecular formula is C25H29N3OS. The minimum atomic E-state index is -0.0254. The zero-order chi connectivity index (χ0) is 20.5. The van der Waals surface area contributed by atoms with E-state index in [-0.39, 0.29) is 11.9 Å². The van der Waals surface area contributed by atoms with Crippen molar-refractivity contribution in [3.8, 4) is 0 Å². The Bertz CT molecular complexity index is 1050. The lowest BCUT2D eigenvalue weighted by molar-refractivity contribution is 0.0938. The van der Waals surface area contributed by atoms with Gasteiger partial charge in [-0.3, -0.25) is 4.79 Å². The number of aromatic nitrogens is 1. The fourth-order valence-electron chi connectivity index (χ4n) is 5.04. The SMILES string of the molecule is Nc1c(C(=O)NC2CCCCCC2)sc2nc3c(cc12)CC(c1ccccc1)CC3. The van der Waals surface area contributed by atoms with Gasteiger partial charge < -0.3 is 11.1 Å². The van der Waals surface area contributed by atoms with Crippen LogP contribution in [0.4, 0.5) is 5.69 Å². The molecule has 1 aromatic carbocycles. The molecule has 1 atom stereocenters. The molecule has 3 aromatic rings. The van der Waals surface area contributed by atoms with Crippen LogP contribution in [-0.2, 0) is 12.8 Å². The number of carbonyl (C=O) groups excluding carboxylic acids is 1. The van der Waals surface area contributed by atoms with E-state index in [2.05, 4.69) is 41.7 Å². The van der Waals surface area contributed by atoms with Crippen LogP contribution in [0.3, 0.4) is 0 Å². The Morgan fingerprint density at radius 1 is 1.07 bits per heavy atom. The van der Waals surface area contributed by atoms with Crippen molar-refractivity contribution in [3.05, 3.63) is 58.1 Å². The molecule has 5 heteroatoms. The fraction of sp³-hybridized carbons (Fsp3) is 0.440. The van der Waals surface area contributed by atoms with Crippen molar-refractivity contribution in [2.24, 2.45) is 0 Å². The molecule has 0 bridgehead atoms. The molecule has 5 rings (SSSR count). The first-order valence-electron chi connectivity index (χ1n) is 11.3. The third-order valence-corrected chi connectivity index (χ3v) is 7.87. The predicted octanol–water partition coefficient (Wildman–Crippen LogP) is 5.60. The molecule has 2 aliphatic carbocycles.